The Hall–Kier alpha value is -2.37. The van der Waals surface area contributed by atoms with Crippen molar-refractivity contribution in [1.29, 1.82) is 0 Å². The zero-order valence-electron chi connectivity index (χ0n) is 15.6. The summed E-state index contributed by atoms with van der Waals surface area (Å²) in [5.74, 6) is -0.874. The molecule has 2 atom stereocenters. The second kappa shape index (κ2) is 9.19. The van der Waals surface area contributed by atoms with E-state index in [1.54, 1.807) is 12.4 Å². The lowest BCUT2D eigenvalue weighted by Gasteiger charge is -2.46. The second-order valence-electron chi connectivity index (χ2n) is 6.52. The highest BCUT2D eigenvalue weighted by Gasteiger charge is 2.49. The number of fused-ring (bicyclic) bond motifs is 1. The Balaban J connectivity index is 1.51. The number of aromatic nitrogens is 2. The molecule has 0 spiro atoms. The summed E-state index contributed by atoms with van der Waals surface area (Å²) < 4.78 is 0. The Kier molecular flexibility index (Phi) is 6.40. The van der Waals surface area contributed by atoms with Crippen LogP contribution in [0.1, 0.15) is 12.0 Å². The number of nitrogens with zero attached hydrogens (tertiary/aromatic N) is 2. The SMILES string of the molecule is O=C(CSc1ccccc1)NC1S[C@@H]2CC(=O)N2C(C(=O)O)=C1SCc1cn[nH]c1. The Morgan fingerprint density at radius 3 is 2.77 bits per heavy atom. The van der Waals surface area contributed by atoms with Gasteiger partial charge in [-0.1, -0.05) is 18.2 Å². The fourth-order valence-electron chi connectivity index (χ4n) is 3.05. The van der Waals surface area contributed by atoms with Crippen LogP contribution in [0.2, 0.25) is 0 Å². The topological polar surface area (TPSA) is 115 Å². The van der Waals surface area contributed by atoms with E-state index in [9.17, 15) is 19.5 Å². The number of rotatable bonds is 8. The minimum absolute atomic E-state index is 0.0375. The summed E-state index contributed by atoms with van der Waals surface area (Å²) in [4.78, 5) is 39.4. The number of β-lactam (4-membered cyclic amide) rings is 1. The molecule has 1 saturated heterocycles. The summed E-state index contributed by atoms with van der Waals surface area (Å²) >= 11 is 4.12. The van der Waals surface area contributed by atoms with Gasteiger partial charge in [0.1, 0.15) is 11.1 Å². The Labute approximate surface area is 185 Å². The standard InChI is InChI=1S/C19H18N4O4S3/c24-13(10-28-12-4-2-1-3-5-12)22-18-17(29-9-11-7-20-21-8-11)16(19(26)27)23-14(25)6-15(23)30-18/h1-5,7-8,15,18H,6,9-10H2,(H,20,21)(H,22,24)(H,26,27)/t15-,18?/m1/s1. The highest BCUT2D eigenvalue weighted by molar-refractivity contribution is 8.06. The average Bonchev–Trinajstić information content (AvgIpc) is 3.25. The number of hydrogen-bond acceptors (Lipinski definition) is 7. The predicted octanol–water partition coefficient (Wildman–Crippen LogP) is 2.48. The number of amides is 2. The van der Waals surface area contributed by atoms with E-state index in [-0.39, 0.29) is 35.1 Å². The number of hydrogen-bond donors (Lipinski definition) is 3. The van der Waals surface area contributed by atoms with Crippen molar-refractivity contribution in [3.63, 3.8) is 0 Å². The predicted molar refractivity (Wildman–Crippen MR) is 116 cm³/mol. The maximum absolute atomic E-state index is 12.6. The van der Waals surface area contributed by atoms with Crippen molar-refractivity contribution < 1.29 is 19.5 Å². The van der Waals surface area contributed by atoms with E-state index >= 15 is 0 Å². The molecule has 11 heteroatoms. The van der Waals surface area contributed by atoms with Crippen LogP contribution in [0, 0.1) is 0 Å². The van der Waals surface area contributed by atoms with Gasteiger partial charge in [-0.15, -0.1) is 35.3 Å². The van der Waals surface area contributed by atoms with E-state index in [0.717, 1.165) is 10.5 Å². The zero-order chi connectivity index (χ0) is 21.1. The monoisotopic (exact) mass is 462 g/mol. The van der Waals surface area contributed by atoms with Crippen LogP contribution in [0.4, 0.5) is 0 Å². The van der Waals surface area contributed by atoms with Gasteiger partial charge in [0.2, 0.25) is 11.8 Å². The van der Waals surface area contributed by atoms with Gasteiger partial charge in [-0.05, 0) is 12.1 Å². The van der Waals surface area contributed by atoms with Crippen LogP contribution in [0.25, 0.3) is 0 Å². The lowest BCUT2D eigenvalue weighted by Crippen LogP contribution is -2.57. The van der Waals surface area contributed by atoms with Crippen LogP contribution >= 0.6 is 35.3 Å². The molecule has 8 nitrogen and oxygen atoms in total. The van der Waals surface area contributed by atoms with Gasteiger partial charge in [0.25, 0.3) is 0 Å². The largest absolute Gasteiger partial charge is 0.477 e. The smallest absolute Gasteiger partial charge is 0.353 e. The lowest BCUT2D eigenvalue weighted by atomic mass is 10.1. The molecule has 2 aliphatic heterocycles. The molecule has 1 fully saturated rings. The van der Waals surface area contributed by atoms with Crippen molar-refractivity contribution in [2.45, 2.75) is 27.8 Å². The molecule has 2 aliphatic rings. The number of benzene rings is 1. The van der Waals surface area contributed by atoms with E-state index in [1.807, 2.05) is 30.3 Å². The number of carbonyl (C=O) groups excluding carboxylic acids is 2. The van der Waals surface area contributed by atoms with E-state index in [4.69, 9.17) is 0 Å². The molecule has 30 heavy (non-hydrogen) atoms. The number of aliphatic carboxylic acids is 1. The van der Waals surface area contributed by atoms with Crippen LogP contribution in [-0.4, -0.2) is 54.5 Å². The highest BCUT2D eigenvalue weighted by atomic mass is 32.2. The van der Waals surface area contributed by atoms with E-state index in [1.165, 1.54) is 40.2 Å². The third-order valence-electron chi connectivity index (χ3n) is 4.47. The Morgan fingerprint density at radius 2 is 2.10 bits per heavy atom. The van der Waals surface area contributed by atoms with Crippen LogP contribution in [0.3, 0.4) is 0 Å². The lowest BCUT2D eigenvalue weighted by molar-refractivity contribution is -0.146. The van der Waals surface area contributed by atoms with Gasteiger partial charge in [0.15, 0.2) is 0 Å². The number of carboxylic acid groups (broad SMARTS) is 1. The van der Waals surface area contributed by atoms with E-state index < -0.39 is 11.3 Å². The summed E-state index contributed by atoms with van der Waals surface area (Å²) in [6.45, 7) is 0. The van der Waals surface area contributed by atoms with Crippen LogP contribution in [-0.2, 0) is 20.1 Å². The maximum atomic E-state index is 12.6. The second-order valence-corrected chi connectivity index (χ2v) is 9.87. The molecule has 156 valence electrons. The molecule has 2 amide bonds. The quantitative estimate of drug-likeness (QED) is 0.405. The molecular weight excluding hydrogens is 444 g/mol. The summed E-state index contributed by atoms with van der Waals surface area (Å²) in [7, 11) is 0. The summed E-state index contributed by atoms with van der Waals surface area (Å²) in [5, 5.41) is 18.6. The zero-order valence-corrected chi connectivity index (χ0v) is 18.1. The maximum Gasteiger partial charge on any atom is 0.353 e. The van der Waals surface area contributed by atoms with Gasteiger partial charge in [-0.2, -0.15) is 5.10 Å². The number of thioether (sulfide) groups is 3. The fraction of sp³-hybridized carbons (Fsp3) is 0.263. The number of H-pyrrole nitrogens is 1. The minimum Gasteiger partial charge on any atom is -0.477 e. The van der Waals surface area contributed by atoms with Crippen molar-refractivity contribution in [1.82, 2.24) is 20.4 Å². The van der Waals surface area contributed by atoms with Gasteiger partial charge in [-0.25, -0.2) is 4.79 Å². The van der Waals surface area contributed by atoms with Gasteiger partial charge in [0, 0.05) is 27.3 Å². The van der Waals surface area contributed by atoms with Crippen molar-refractivity contribution >= 4 is 53.1 Å². The average molecular weight is 463 g/mol. The molecule has 0 saturated carbocycles. The van der Waals surface area contributed by atoms with Crippen LogP contribution < -0.4 is 5.32 Å². The molecule has 3 heterocycles. The third kappa shape index (κ3) is 4.52. The Bertz CT molecular complexity index is 981. The number of aromatic amines is 1. The first kappa shape index (κ1) is 20.9. The van der Waals surface area contributed by atoms with Crippen molar-refractivity contribution in [3.8, 4) is 0 Å². The first-order valence-electron chi connectivity index (χ1n) is 9.05. The molecular formula is C19H18N4O4S3. The van der Waals surface area contributed by atoms with E-state index in [2.05, 4.69) is 15.5 Å². The third-order valence-corrected chi connectivity index (χ3v) is 8.16. The van der Waals surface area contributed by atoms with Crippen molar-refractivity contribution in [2.24, 2.45) is 0 Å². The van der Waals surface area contributed by atoms with Crippen LogP contribution in [0.15, 0.2) is 58.2 Å². The van der Waals surface area contributed by atoms with Crippen molar-refractivity contribution in [3.05, 3.63) is 58.9 Å². The summed E-state index contributed by atoms with van der Waals surface area (Å²) in [5.41, 5.74) is 0.855. The number of carboxylic acids is 1. The molecule has 1 aromatic carbocycles. The molecule has 4 rings (SSSR count). The molecule has 1 unspecified atom stereocenters. The van der Waals surface area contributed by atoms with E-state index in [0.29, 0.717) is 10.7 Å². The Morgan fingerprint density at radius 1 is 1.30 bits per heavy atom. The molecule has 0 radical (unpaired) electrons. The summed E-state index contributed by atoms with van der Waals surface area (Å²) in [6.07, 6.45) is 3.66. The molecule has 3 N–H and O–H groups in total. The number of nitrogens with one attached hydrogen (secondary N) is 2. The fourth-order valence-corrected chi connectivity index (χ4v) is 6.50. The van der Waals surface area contributed by atoms with Gasteiger partial charge in [-0.3, -0.25) is 19.6 Å². The van der Waals surface area contributed by atoms with Gasteiger partial charge in [0.05, 0.1) is 23.7 Å². The molecule has 0 aliphatic carbocycles. The molecule has 1 aromatic heterocycles. The van der Waals surface area contributed by atoms with Crippen LogP contribution in [0.5, 0.6) is 0 Å². The van der Waals surface area contributed by atoms with Crippen molar-refractivity contribution in [2.75, 3.05) is 5.75 Å². The molecule has 0 bridgehead atoms. The summed E-state index contributed by atoms with van der Waals surface area (Å²) in [6, 6.07) is 9.59. The first-order chi connectivity index (χ1) is 14.5. The highest BCUT2D eigenvalue weighted by Crippen LogP contribution is 2.47. The van der Waals surface area contributed by atoms with Gasteiger partial charge >= 0.3 is 5.97 Å². The first-order valence-corrected chi connectivity index (χ1v) is 12.0. The minimum atomic E-state index is -1.17. The normalized spacial score (nSPS) is 20.5. The van der Waals surface area contributed by atoms with Gasteiger partial charge < -0.3 is 10.4 Å². The number of carbonyl (C=O) groups is 3. The molecule has 2 aromatic rings.